The summed E-state index contributed by atoms with van der Waals surface area (Å²) in [6, 6.07) is 2.84. The first-order valence-electron chi connectivity index (χ1n) is 5.55. The van der Waals surface area contributed by atoms with Crippen molar-refractivity contribution in [1.29, 1.82) is 0 Å². The van der Waals surface area contributed by atoms with Gasteiger partial charge in [-0.3, -0.25) is 4.99 Å². The van der Waals surface area contributed by atoms with E-state index in [1.165, 1.54) is 19.3 Å². The number of hydrazone groups is 1. The summed E-state index contributed by atoms with van der Waals surface area (Å²) in [6.07, 6.45) is 1.27. The Kier molecular flexibility index (Phi) is 7.11. The third-order valence-corrected chi connectivity index (χ3v) is 1.86. The molecule has 0 saturated heterocycles. The van der Waals surface area contributed by atoms with Gasteiger partial charge in [-0.1, -0.05) is 13.8 Å². The maximum atomic E-state index is 13.1. The summed E-state index contributed by atoms with van der Waals surface area (Å²) in [5, 5.41) is 13.1. The first-order valence-corrected chi connectivity index (χ1v) is 5.55. The minimum Gasteiger partial charge on any atom is -0.504 e. The van der Waals surface area contributed by atoms with E-state index in [-0.39, 0.29) is 11.5 Å². The molecule has 0 aliphatic heterocycles. The van der Waals surface area contributed by atoms with Gasteiger partial charge in [0.15, 0.2) is 11.6 Å². The highest BCUT2D eigenvalue weighted by Crippen LogP contribution is 2.21. The molecule has 5 nitrogen and oxygen atoms in total. The van der Waals surface area contributed by atoms with Gasteiger partial charge in [0, 0.05) is 12.6 Å². The molecule has 0 amide bonds. The molecule has 1 rings (SSSR count). The van der Waals surface area contributed by atoms with Crippen LogP contribution in [0.25, 0.3) is 0 Å². The van der Waals surface area contributed by atoms with E-state index >= 15 is 0 Å². The fraction of sp³-hybridized carbons (Fsp3) is 0.333. The second-order valence-electron chi connectivity index (χ2n) is 3.16. The number of phenolic OH excluding ortho intramolecular Hbond substituents is 1. The van der Waals surface area contributed by atoms with Gasteiger partial charge in [0.2, 0.25) is 5.96 Å². The van der Waals surface area contributed by atoms with Gasteiger partial charge >= 0.3 is 0 Å². The van der Waals surface area contributed by atoms with E-state index in [4.69, 9.17) is 5.73 Å². The van der Waals surface area contributed by atoms with Crippen molar-refractivity contribution >= 4 is 12.2 Å². The van der Waals surface area contributed by atoms with Gasteiger partial charge in [-0.05, 0) is 24.6 Å². The number of nitrogens with one attached hydrogen (secondary N) is 1. The molecule has 0 aliphatic rings. The SMILES string of the molecule is CC.CN=C(N)N/N=C/c1cc(C)cc(F)c1O. The quantitative estimate of drug-likeness (QED) is 0.427. The third-order valence-electron chi connectivity index (χ3n) is 1.86. The molecule has 0 radical (unpaired) electrons. The number of nitrogens with two attached hydrogens (primary N) is 1. The number of aryl methyl sites for hydroxylation is 1. The van der Waals surface area contributed by atoms with Gasteiger partial charge in [0.25, 0.3) is 0 Å². The van der Waals surface area contributed by atoms with Crippen LogP contribution in [0.15, 0.2) is 22.2 Å². The minimum absolute atomic E-state index is 0.129. The normalized spacial score (nSPS) is 11.1. The standard InChI is InChI=1S/C10H13FN4O.C2H6/c1-6-3-7(9(16)8(11)4-6)5-14-15-10(12)13-2;1-2/h3-5,16H,1-2H3,(H3,12,13,15);1-2H3/b14-5+;. The molecule has 0 saturated carbocycles. The summed E-state index contributed by atoms with van der Waals surface area (Å²) in [7, 11) is 1.50. The van der Waals surface area contributed by atoms with Gasteiger partial charge in [-0.15, -0.1) is 0 Å². The molecule has 18 heavy (non-hydrogen) atoms. The Morgan fingerprint density at radius 3 is 2.61 bits per heavy atom. The van der Waals surface area contributed by atoms with Crippen LogP contribution in [0.3, 0.4) is 0 Å². The van der Waals surface area contributed by atoms with Crippen LogP contribution in [0, 0.1) is 12.7 Å². The Morgan fingerprint density at radius 1 is 1.44 bits per heavy atom. The van der Waals surface area contributed by atoms with E-state index in [1.807, 2.05) is 13.8 Å². The van der Waals surface area contributed by atoms with Crippen molar-refractivity contribution in [3.63, 3.8) is 0 Å². The number of hydrogen-bond acceptors (Lipinski definition) is 3. The van der Waals surface area contributed by atoms with Crippen molar-refractivity contribution in [2.45, 2.75) is 20.8 Å². The summed E-state index contributed by atoms with van der Waals surface area (Å²) in [5.74, 6) is -0.995. The number of benzene rings is 1. The summed E-state index contributed by atoms with van der Waals surface area (Å²) in [4.78, 5) is 3.61. The predicted octanol–water partition coefficient (Wildman–Crippen LogP) is 1.73. The fourth-order valence-electron chi connectivity index (χ4n) is 1.08. The number of phenols is 1. The van der Waals surface area contributed by atoms with Crippen LogP contribution in [0.2, 0.25) is 0 Å². The van der Waals surface area contributed by atoms with E-state index in [1.54, 1.807) is 13.0 Å². The van der Waals surface area contributed by atoms with E-state index in [0.717, 1.165) is 0 Å². The highest BCUT2D eigenvalue weighted by atomic mass is 19.1. The van der Waals surface area contributed by atoms with Crippen molar-refractivity contribution in [3.05, 3.63) is 29.1 Å². The van der Waals surface area contributed by atoms with Crippen LogP contribution in [0.1, 0.15) is 25.0 Å². The van der Waals surface area contributed by atoms with Gasteiger partial charge in [-0.2, -0.15) is 5.10 Å². The summed E-state index contributed by atoms with van der Waals surface area (Å²) >= 11 is 0. The van der Waals surface area contributed by atoms with Crippen LogP contribution < -0.4 is 11.2 Å². The molecule has 6 heteroatoms. The van der Waals surface area contributed by atoms with Gasteiger partial charge in [-0.25, -0.2) is 9.82 Å². The van der Waals surface area contributed by atoms with Crippen LogP contribution in [0.4, 0.5) is 4.39 Å². The lowest BCUT2D eigenvalue weighted by Gasteiger charge is -2.02. The molecule has 1 aromatic carbocycles. The van der Waals surface area contributed by atoms with Crippen LogP contribution >= 0.6 is 0 Å². The molecular formula is C12H19FN4O. The van der Waals surface area contributed by atoms with Crippen molar-refractivity contribution in [3.8, 4) is 5.75 Å². The molecule has 0 heterocycles. The van der Waals surface area contributed by atoms with E-state index in [9.17, 15) is 9.50 Å². The van der Waals surface area contributed by atoms with E-state index in [2.05, 4.69) is 15.5 Å². The minimum atomic E-state index is -0.682. The lowest BCUT2D eigenvalue weighted by atomic mass is 10.1. The predicted molar refractivity (Wildman–Crippen MR) is 72.4 cm³/mol. The molecule has 0 bridgehead atoms. The zero-order chi connectivity index (χ0) is 14.1. The summed E-state index contributed by atoms with van der Waals surface area (Å²) in [6.45, 7) is 5.72. The van der Waals surface area contributed by atoms with Crippen molar-refractivity contribution in [1.82, 2.24) is 5.43 Å². The van der Waals surface area contributed by atoms with Crippen molar-refractivity contribution < 1.29 is 9.50 Å². The van der Waals surface area contributed by atoms with Gasteiger partial charge < -0.3 is 10.8 Å². The van der Waals surface area contributed by atoms with Crippen LogP contribution in [0.5, 0.6) is 5.75 Å². The fourth-order valence-corrected chi connectivity index (χ4v) is 1.08. The molecule has 4 N–H and O–H groups in total. The molecule has 100 valence electrons. The Morgan fingerprint density at radius 2 is 2.06 bits per heavy atom. The lowest BCUT2D eigenvalue weighted by Crippen LogP contribution is -2.26. The van der Waals surface area contributed by atoms with Gasteiger partial charge in [0.05, 0.1) is 6.21 Å². The number of rotatable bonds is 2. The topological polar surface area (TPSA) is 83.0 Å². The first kappa shape index (κ1) is 15.9. The monoisotopic (exact) mass is 254 g/mol. The second-order valence-corrected chi connectivity index (χ2v) is 3.16. The van der Waals surface area contributed by atoms with E-state index in [0.29, 0.717) is 5.56 Å². The zero-order valence-corrected chi connectivity index (χ0v) is 11.0. The first-order chi connectivity index (χ1) is 8.54. The second kappa shape index (κ2) is 8.05. The maximum absolute atomic E-state index is 13.1. The Bertz CT molecular complexity index is 444. The largest absolute Gasteiger partial charge is 0.504 e. The third kappa shape index (κ3) is 4.82. The summed E-state index contributed by atoms with van der Waals surface area (Å²) < 4.78 is 13.1. The Hall–Kier alpha value is -2.11. The average molecular weight is 254 g/mol. The Balaban J connectivity index is 0.00000137. The molecule has 0 unspecified atom stereocenters. The highest BCUT2D eigenvalue weighted by Gasteiger charge is 2.06. The average Bonchev–Trinajstić information content (AvgIpc) is 2.37. The number of nitrogens with zero attached hydrogens (tertiary/aromatic N) is 2. The smallest absolute Gasteiger partial charge is 0.209 e. The molecule has 0 spiro atoms. The number of aliphatic imine (C=N–C) groups is 1. The van der Waals surface area contributed by atoms with Gasteiger partial charge in [0.1, 0.15) is 0 Å². The molecule has 0 aromatic heterocycles. The molecule has 0 aliphatic carbocycles. The number of aromatic hydroxyl groups is 1. The number of halogens is 1. The maximum Gasteiger partial charge on any atom is 0.209 e. The molecule has 1 aromatic rings. The molecule has 0 atom stereocenters. The number of hydrogen-bond donors (Lipinski definition) is 3. The number of guanidine groups is 1. The zero-order valence-electron chi connectivity index (χ0n) is 11.0. The molecular weight excluding hydrogens is 235 g/mol. The van der Waals surface area contributed by atoms with Crippen LogP contribution in [-0.2, 0) is 0 Å². The highest BCUT2D eigenvalue weighted by molar-refractivity contribution is 5.85. The van der Waals surface area contributed by atoms with Crippen molar-refractivity contribution in [2.24, 2.45) is 15.8 Å². The lowest BCUT2D eigenvalue weighted by molar-refractivity contribution is 0.431. The summed E-state index contributed by atoms with van der Waals surface area (Å²) in [5.41, 5.74) is 8.70. The van der Waals surface area contributed by atoms with E-state index < -0.39 is 11.6 Å². The Labute approximate surface area is 106 Å². The van der Waals surface area contributed by atoms with Crippen molar-refractivity contribution in [2.75, 3.05) is 7.05 Å². The van der Waals surface area contributed by atoms with Crippen LogP contribution in [-0.4, -0.2) is 24.3 Å². The molecule has 0 fully saturated rings.